The van der Waals surface area contributed by atoms with E-state index in [0.29, 0.717) is 5.69 Å². The molecule has 18 heavy (non-hydrogen) atoms. The number of aliphatic carboxylic acids is 1. The van der Waals surface area contributed by atoms with Crippen molar-refractivity contribution in [1.82, 2.24) is 5.32 Å². The molecule has 0 radical (unpaired) electrons. The number of halogens is 1. The van der Waals surface area contributed by atoms with Crippen molar-refractivity contribution in [3.05, 3.63) is 30.1 Å². The molecule has 0 saturated heterocycles. The Kier molecular flexibility index (Phi) is 4.65. The van der Waals surface area contributed by atoms with Gasteiger partial charge >= 0.3 is 12.0 Å². The molecular formula is C12H15FN2O3. The van der Waals surface area contributed by atoms with Crippen LogP contribution in [0.3, 0.4) is 0 Å². The van der Waals surface area contributed by atoms with Crippen LogP contribution in [0.5, 0.6) is 0 Å². The van der Waals surface area contributed by atoms with E-state index in [1.54, 1.807) is 6.92 Å². The van der Waals surface area contributed by atoms with Gasteiger partial charge in [0.2, 0.25) is 0 Å². The number of nitrogens with one attached hydrogen (secondary N) is 2. The molecule has 2 amide bonds. The molecule has 0 aliphatic rings. The van der Waals surface area contributed by atoms with Gasteiger partial charge in [-0.1, -0.05) is 6.07 Å². The SMILES string of the molecule is CC(NC(=O)Nc1cccc(F)c1)C(C)C(=O)O. The van der Waals surface area contributed by atoms with Crippen molar-refractivity contribution in [2.75, 3.05) is 5.32 Å². The first kappa shape index (κ1) is 14.0. The van der Waals surface area contributed by atoms with E-state index in [0.717, 1.165) is 0 Å². The van der Waals surface area contributed by atoms with Crippen molar-refractivity contribution in [1.29, 1.82) is 0 Å². The van der Waals surface area contributed by atoms with Gasteiger partial charge in [-0.3, -0.25) is 4.79 Å². The van der Waals surface area contributed by atoms with E-state index in [9.17, 15) is 14.0 Å². The Balaban J connectivity index is 2.54. The number of benzene rings is 1. The van der Waals surface area contributed by atoms with Crippen LogP contribution < -0.4 is 10.6 Å². The molecule has 1 aromatic carbocycles. The molecule has 98 valence electrons. The van der Waals surface area contributed by atoms with Crippen molar-refractivity contribution in [2.24, 2.45) is 5.92 Å². The van der Waals surface area contributed by atoms with Gasteiger partial charge in [0.25, 0.3) is 0 Å². The number of rotatable bonds is 4. The summed E-state index contributed by atoms with van der Waals surface area (Å²) in [6.45, 7) is 3.08. The number of anilines is 1. The Morgan fingerprint density at radius 3 is 2.56 bits per heavy atom. The van der Waals surface area contributed by atoms with E-state index in [1.807, 2.05) is 0 Å². The average molecular weight is 254 g/mol. The predicted molar refractivity (Wildman–Crippen MR) is 64.8 cm³/mol. The minimum Gasteiger partial charge on any atom is -0.481 e. The number of amides is 2. The van der Waals surface area contributed by atoms with Crippen molar-refractivity contribution < 1.29 is 19.1 Å². The molecule has 0 aliphatic heterocycles. The summed E-state index contributed by atoms with van der Waals surface area (Å²) >= 11 is 0. The van der Waals surface area contributed by atoms with Crippen LogP contribution in [0.1, 0.15) is 13.8 Å². The van der Waals surface area contributed by atoms with E-state index < -0.39 is 29.8 Å². The maximum absolute atomic E-state index is 12.9. The summed E-state index contributed by atoms with van der Waals surface area (Å²) in [7, 11) is 0. The zero-order valence-electron chi connectivity index (χ0n) is 10.1. The Morgan fingerprint density at radius 2 is 2.00 bits per heavy atom. The molecule has 0 heterocycles. The molecule has 0 aliphatic carbocycles. The quantitative estimate of drug-likeness (QED) is 0.769. The molecule has 6 heteroatoms. The van der Waals surface area contributed by atoms with Gasteiger partial charge < -0.3 is 15.7 Å². The molecule has 1 aromatic rings. The van der Waals surface area contributed by atoms with Gasteiger partial charge in [-0.05, 0) is 32.0 Å². The lowest BCUT2D eigenvalue weighted by molar-refractivity contribution is -0.141. The molecular weight excluding hydrogens is 239 g/mol. The maximum atomic E-state index is 12.9. The summed E-state index contributed by atoms with van der Waals surface area (Å²) in [5.74, 6) is -2.16. The van der Waals surface area contributed by atoms with Gasteiger partial charge in [0.15, 0.2) is 0 Å². The topological polar surface area (TPSA) is 78.4 Å². The normalized spacial score (nSPS) is 13.5. The van der Waals surface area contributed by atoms with Crippen molar-refractivity contribution in [3.8, 4) is 0 Å². The molecule has 0 fully saturated rings. The zero-order valence-corrected chi connectivity index (χ0v) is 10.1. The lowest BCUT2D eigenvalue weighted by atomic mass is 10.0. The van der Waals surface area contributed by atoms with Crippen LogP contribution in [-0.2, 0) is 4.79 Å². The highest BCUT2D eigenvalue weighted by Gasteiger charge is 2.20. The van der Waals surface area contributed by atoms with E-state index in [-0.39, 0.29) is 0 Å². The van der Waals surface area contributed by atoms with Gasteiger partial charge in [-0.15, -0.1) is 0 Å². The molecule has 0 saturated carbocycles. The summed E-state index contributed by atoms with van der Waals surface area (Å²) in [5.41, 5.74) is 0.308. The number of carbonyl (C=O) groups is 2. The van der Waals surface area contributed by atoms with Gasteiger partial charge in [0, 0.05) is 11.7 Å². The van der Waals surface area contributed by atoms with Crippen LogP contribution in [-0.4, -0.2) is 23.1 Å². The highest BCUT2D eigenvalue weighted by atomic mass is 19.1. The van der Waals surface area contributed by atoms with Crippen LogP contribution in [0.15, 0.2) is 24.3 Å². The molecule has 2 unspecified atom stereocenters. The Hall–Kier alpha value is -2.11. The fourth-order valence-corrected chi connectivity index (χ4v) is 1.28. The third-order valence-electron chi connectivity index (χ3n) is 2.58. The maximum Gasteiger partial charge on any atom is 0.319 e. The predicted octanol–water partition coefficient (Wildman–Crippen LogP) is 2.06. The third kappa shape index (κ3) is 4.04. The van der Waals surface area contributed by atoms with Crippen LogP contribution >= 0.6 is 0 Å². The lowest BCUT2D eigenvalue weighted by Crippen LogP contribution is -2.42. The van der Waals surface area contributed by atoms with Crippen LogP contribution in [0.25, 0.3) is 0 Å². The van der Waals surface area contributed by atoms with Crippen LogP contribution in [0, 0.1) is 11.7 Å². The highest BCUT2D eigenvalue weighted by molar-refractivity contribution is 5.89. The minimum atomic E-state index is -0.992. The molecule has 3 N–H and O–H groups in total. The first-order valence-corrected chi connectivity index (χ1v) is 5.46. The van der Waals surface area contributed by atoms with Gasteiger partial charge in [-0.25, -0.2) is 9.18 Å². The van der Waals surface area contributed by atoms with Crippen molar-refractivity contribution in [3.63, 3.8) is 0 Å². The minimum absolute atomic E-state index is 0.308. The largest absolute Gasteiger partial charge is 0.481 e. The van der Waals surface area contributed by atoms with Crippen LogP contribution in [0.2, 0.25) is 0 Å². The fraction of sp³-hybridized carbons (Fsp3) is 0.333. The standard InChI is InChI=1S/C12H15FN2O3/c1-7(11(16)17)8(2)14-12(18)15-10-5-3-4-9(13)6-10/h3-8H,1-2H3,(H,16,17)(H2,14,15,18). The van der Waals surface area contributed by atoms with E-state index in [2.05, 4.69) is 10.6 Å². The molecule has 0 spiro atoms. The summed E-state index contributed by atoms with van der Waals surface area (Å²) in [6.07, 6.45) is 0. The number of hydrogen-bond acceptors (Lipinski definition) is 2. The summed E-state index contributed by atoms with van der Waals surface area (Å²) < 4.78 is 12.9. The molecule has 2 atom stereocenters. The smallest absolute Gasteiger partial charge is 0.319 e. The second-order valence-corrected chi connectivity index (χ2v) is 4.02. The Morgan fingerprint density at radius 1 is 1.33 bits per heavy atom. The number of carboxylic acids is 1. The second kappa shape index (κ2) is 6.00. The van der Waals surface area contributed by atoms with Crippen molar-refractivity contribution >= 4 is 17.7 Å². The first-order valence-electron chi connectivity index (χ1n) is 5.46. The monoisotopic (exact) mass is 254 g/mol. The van der Waals surface area contributed by atoms with Gasteiger partial charge in [0.05, 0.1) is 5.92 Å². The summed E-state index contributed by atoms with van der Waals surface area (Å²) in [5, 5.41) is 13.7. The molecule has 0 aromatic heterocycles. The third-order valence-corrected chi connectivity index (χ3v) is 2.58. The Bertz CT molecular complexity index is 451. The van der Waals surface area contributed by atoms with Gasteiger partial charge in [-0.2, -0.15) is 0 Å². The van der Waals surface area contributed by atoms with Gasteiger partial charge in [0.1, 0.15) is 5.82 Å². The first-order chi connectivity index (χ1) is 8.40. The number of carbonyl (C=O) groups excluding carboxylic acids is 1. The summed E-state index contributed by atoms with van der Waals surface area (Å²) in [4.78, 5) is 22.2. The zero-order chi connectivity index (χ0) is 13.7. The second-order valence-electron chi connectivity index (χ2n) is 4.02. The summed E-state index contributed by atoms with van der Waals surface area (Å²) in [6, 6.07) is 4.34. The molecule has 1 rings (SSSR count). The van der Waals surface area contributed by atoms with E-state index in [1.165, 1.54) is 31.2 Å². The number of urea groups is 1. The van der Waals surface area contributed by atoms with E-state index >= 15 is 0 Å². The Labute approximate surface area is 104 Å². The number of hydrogen-bond donors (Lipinski definition) is 3. The lowest BCUT2D eigenvalue weighted by Gasteiger charge is -2.18. The van der Waals surface area contributed by atoms with Crippen molar-refractivity contribution in [2.45, 2.75) is 19.9 Å². The molecule has 5 nitrogen and oxygen atoms in total. The average Bonchev–Trinajstić information content (AvgIpc) is 2.27. The highest BCUT2D eigenvalue weighted by Crippen LogP contribution is 2.09. The van der Waals surface area contributed by atoms with E-state index in [4.69, 9.17) is 5.11 Å². The van der Waals surface area contributed by atoms with Crippen LogP contribution in [0.4, 0.5) is 14.9 Å². The fourth-order valence-electron chi connectivity index (χ4n) is 1.28. The molecule has 0 bridgehead atoms. The number of carboxylic acid groups (broad SMARTS) is 1.